The monoisotopic (exact) mass is 459 g/mol. The Balaban J connectivity index is 1.74. The molecule has 146 valence electrons. The third kappa shape index (κ3) is 4.54. The number of carbonyl (C=O) groups is 1. The number of aromatic nitrogens is 2. The summed E-state index contributed by atoms with van der Waals surface area (Å²) in [5.41, 5.74) is 0.508. The summed E-state index contributed by atoms with van der Waals surface area (Å²) in [7, 11) is 0. The number of nitrogens with zero attached hydrogens (tertiary/aromatic N) is 4. The molecule has 0 spiro atoms. The van der Waals surface area contributed by atoms with Gasteiger partial charge in [-0.2, -0.15) is 5.26 Å². The first-order valence-corrected chi connectivity index (χ1v) is 8.62. The Kier molecular flexibility index (Phi) is 5.82. The zero-order valence-corrected chi connectivity index (χ0v) is 15.9. The number of rotatable bonds is 4. The van der Waals surface area contributed by atoms with Crippen molar-refractivity contribution in [3.63, 3.8) is 0 Å². The molecule has 0 unspecified atom stereocenters. The highest BCUT2D eigenvalue weighted by atomic mass is 79.9. The summed E-state index contributed by atoms with van der Waals surface area (Å²) < 4.78 is 18.0. The van der Waals surface area contributed by atoms with Crippen molar-refractivity contribution in [2.75, 3.05) is 15.7 Å². The number of hydrogen-bond donors (Lipinski definition) is 4. The molecule has 4 N–H and O–H groups in total. The number of hydrogen-bond acceptors (Lipinski definition) is 7. The number of benzene rings is 2. The van der Waals surface area contributed by atoms with E-state index in [1.807, 2.05) is 6.07 Å². The second-order valence-electron chi connectivity index (χ2n) is 5.49. The van der Waals surface area contributed by atoms with Crippen molar-refractivity contribution in [2.45, 2.75) is 0 Å². The minimum Gasteiger partial charge on any atom is -0.308 e. The Morgan fingerprint density at radius 1 is 1.28 bits per heavy atom. The normalized spacial score (nSPS) is 10.1. The number of urea groups is 1. The van der Waals surface area contributed by atoms with Gasteiger partial charge < -0.3 is 5.32 Å². The van der Waals surface area contributed by atoms with E-state index in [-0.39, 0.29) is 21.7 Å². The van der Waals surface area contributed by atoms with Crippen LogP contribution < -0.4 is 15.7 Å². The summed E-state index contributed by atoms with van der Waals surface area (Å²) in [5, 5.41) is 39.4. The lowest BCUT2D eigenvalue weighted by Crippen LogP contribution is -2.29. The number of halogens is 2. The fourth-order valence-corrected chi connectivity index (χ4v) is 2.58. The maximum absolute atomic E-state index is 13.4. The molecule has 0 aliphatic rings. The predicted octanol–water partition coefficient (Wildman–Crippen LogP) is 3.71. The molecule has 1 aromatic heterocycles. The van der Waals surface area contributed by atoms with Gasteiger partial charge in [-0.15, -0.1) is 0 Å². The molecule has 0 saturated heterocycles. The number of hydroxylamine groups is 1. The van der Waals surface area contributed by atoms with Gasteiger partial charge in [-0.05, 0) is 62.6 Å². The Hall–Kier alpha value is -3.82. The third-order valence-corrected chi connectivity index (χ3v) is 4.16. The highest BCUT2D eigenvalue weighted by Gasteiger charge is 2.23. The standard InChI is InChI=1S/C17H11BrFN7O3/c18-12-7-11(4-5-13(12)19)26(28)15(21)14-16(25-29-24-14)23-17(27)22-10-3-1-2-9(6-10)8-20/h1-7,21,28H,(H2,22,23,25,27). The second kappa shape index (κ2) is 8.46. The van der Waals surface area contributed by atoms with Gasteiger partial charge >= 0.3 is 6.03 Å². The topological polar surface area (TPSA) is 151 Å². The Bertz CT molecular complexity index is 1130. The van der Waals surface area contributed by atoms with Gasteiger partial charge in [0.1, 0.15) is 5.82 Å². The SMILES string of the molecule is N#Cc1cccc(NC(=O)Nc2nonc2C(=N)N(O)c2ccc(F)c(Br)c2)c1. The minimum absolute atomic E-state index is 0.0648. The molecule has 0 aliphatic heterocycles. The van der Waals surface area contributed by atoms with E-state index < -0.39 is 17.7 Å². The molecule has 12 heteroatoms. The van der Waals surface area contributed by atoms with Crippen molar-refractivity contribution in [1.82, 2.24) is 10.3 Å². The summed E-state index contributed by atoms with van der Waals surface area (Å²) in [5.74, 6) is -1.35. The van der Waals surface area contributed by atoms with Gasteiger partial charge in [0.25, 0.3) is 0 Å². The zero-order valence-electron chi connectivity index (χ0n) is 14.3. The van der Waals surface area contributed by atoms with Crippen molar-refractivity contribution < 1.29 is 19.0 Å². The molecule has 3 rings (SSSR count). The molecule has 0 bridgehead atoms. The average molecular weight is 460 g/mol. The van der Waals surface area contributed by atoms with Gasteiger partial charge in [-0.25, -0.2) is 18.9 Å². The first kappa shape index (κ1) is 19.9. The molecular formula is C17H11BrFN7O3. The molecule has 0 atom stereocenters. The van der Waals surface area contributed by atoms with Gasteiger partial charge in [0.2, 0.25) is 5.82 Å². The van der Waals surface area contributed by atoms with Crippen molar-refractivity contribution in [2.24, 2.45) is 0 Å². The van der Waals surface area contributed by atoms with E-state index in [1.165, 1.54) is 18.2 Å². The third-order valence-electron chi connectivity index (χ3n) is 3.55. The van der Waals surface area contributed by atoms with Gasteiger partial charge in [0.05, 0.1) is 21.8 Å². The van der Waals surface area contributed by atoms with Crippen LogP contribution in [0.3, 0.4) is 0 Å². The first-order valence-electron chi connectivity index (χ1n) is 7.82. The van der Waals surface area contributed by atoms with Crippen LogP contribution >= 0.6 is 15.9 Å². The van der Waals surface area contributed by atoms with E-state index in [4.69, 9.17) is 10.7 Å². The highest BCUT2D eigenvalue weighted by molar-refractivity contribution is 9.10. The molecular weight excluding hydrogens is 449 g/mol. The van der Waals surface area contributed by atoms with Crippen LogP contribution in [0.1, 0.15) is 11.3 Å². The van der Waals surface area contributed by atoms with Crippen LogP contribution in [0.5, 0.6) is 0 Å². The Morgan fingerprint density at radius 3 is 2.79 bits per heavy atom. The highest BCUT2D eigenvalue weighted by Crippen LogP contribution is 2.24. The number of nitrogens with one attached hydrogen (secondary N) is 3. The van der Waals surface area contributed by atoms with E-state index in [0.29, 0.717) is 16.3 Å². The van der Waals surface area contributed by atoms with E-state index in [9.17, 15) is 14.4 Å². The van der Waals surface area contributed by atoms with E-state index >= 15 is 0 Å². The van der Waals surface area contributed by atoms with Gasteiger partial charge in [-0.1, -0.05) is 6.07 Å². The van der Waals surface area contributed by atoms with Gasteiger partial charge in [0.15, 0.2) is 11.5 Å². The van der Waals surface area contributed by atoms with Gasteiger partial charge in [0, 0.05) is 5.69 Å². The van der Waals surface area contributed by atoms with Crippen LogP contribution in [0.25, 0.3) is 0 Å². The molecule has 0 saturated carbocycles. The summed E-state index contributed by atoms with van der Waals surface area (Å²) in [6.07, 6.45) is 0. The fourth-order valence-electron chi connectivity index (χ4n) is 2.21. The van der Waals surface area contributed by atoms with Crippen LogP contribution in [0.4, 0.5) is 26.4 Å². The Labute approximate surface area is 171 Å². The fraction of sp³-hybridized carbons (Fsp3) is 0. The lowest BCUT2D eigenvalue weighted by molar-refractivity contribution is 0.261. The van der Waals surface area contributed by atoms with Crippen molar-refractivity contribution in [3.05, 3.63) is 64.0 Å². The maximum Gasteiger partial charge on any atom is 0.325 e. The number of nitriles is 1. The molecule has 10 nitrogen and oxygen atoms in total. The summed E-state index contributed by atoms with van der Waals surface area (Å²) >= 11 is 2.99. The molecule has 1 heterocycles. The molecule has 3 aromatic rings. The molecule has 2 amide bonds. The number of amidine groups is 1. The largest absolute Gasteiger partial charge is 0.325 e. The quantitative estimate of drug-likeness (QED) is 0.263. The summed E-state index contributed by atoms with van der Waals surface area (Å²) in [6.45, 7) is 0. The molecule has 0 radical (unpaired) electrons. The number of carbonyl (C=O) groups excluding carboxylic acids is 1. The van der Waals surface area contributed by atoms with Crippen molar-refractivity contribution in [3.8, 4) is 6.07 Å². The zero-order chi connectivity index (χ0) is 21.0. The van der Waals surface area contributed by atoms with E-state index in [0.717, 1.165) is 6.07 Å². The average Bonchev–Trinajstić information content (AvgIpc) is 3.16. The predicted molar refractivity (Wildman–Crippen MR) is 103 cm³/mol. The molecule has 29 heavy (non-hydrogen) atoms. The van der Waals surface area contributed by atoms with Crippen LogP contribution in [-0.4, -0.2) is 27.4 Å². The molecule has 0 fully saturated rings. The second-order valence-corrected chi connectivity index (χ2v) is 6.35. The number of amides is 2. The van der Waals surface area contributed by atoms with Crippen LogP contribution in [-0.2, 0) is 0 Å². The number of anilines is 3. The van der Waals surface area contributed by atoms with E-state index in [2.05, 4.69) is 41.5 Å². The summed E-state index contributed by atoms with van der Waals surface area (Å²) in [6, 6.07) is 11.0. The van der Waals surface area contributed by atoms with Crippen molar-refractivity contribution >= 4 is 45.0 Å². The summed E-state index contributed by atoms with van der Waals surface area (Å²) in [4.78, 5) is 12.2. The van der Waals surface area contributed by atoms with E-state index in [1.54, 1.807) is 18.2 Å². The maximum atomic E-state index is 13.4. The van der Waals surface area contributed by atoms with Crippen LogP contribution in [0, 0.1) is 22.6 Å². The molecule has 2 aromatic carbocycles. The van der Waals surface area contributed by atoms with Crippen molar-refractivity contribution in [1.29, 1.82) is 10.7 Å². The van der Waals surface area contributed by atoms with Crippen LogP contribution in [0.15, 0.2) is 51.6 Å². The lowest BCUT2D eigenvalue weighted by Gasteiger charge is -2.16. The first-order chi connectivity index (χ1) is 13.9. The van der Waals surface area contributed by atoms with Gasteiger partial charge in [-0.3, -0.25) is 15.9 Å². The Morgan fingerprint density at radius 2 is 2.07 bits per heavy atom. The van der Waals surface area contributed by atoms with Crippen LogP contribution in [0.2, 0.25) is 0 Å². The lowest BCUT2D eigenvalue weighted by atomic mass is 10.2. The smallest absolute Gasteiger partial charge is 0.308 e. The minimum atomic E-state index is -0.737. The molecule has 0 aliphatic carbocycles.